The van der Waals surface area contributed by atoms with Crippen LogP contribution in [0.25, 0.3) is 10.9 Å². The quantitative estimate of drug-likeness (QED) is 0.759. The van der Waals surface area contributed by atoms with Gasteiger partial charge in [0.1, 0.15) is 5.56 Å². The summed E-state index contributed by atoms with van der Waals surface area (Å²) in [6, 6.07) is 11.8. The fourth-order valence-electron chi connectivity index (χ4n) is 2.45. The summed E-state index contributed by atoms with van der Waals surface area (Å²) in [7, 11) is 1.74. The third-order valence-electron chi connectivity index (χ3n) is 3.48. The molecule has 0 bridgehead atoms. The van der Waals surface area contributed by atoms with Gasteiger partial charge in [-0.05, 0) is 30.3 Å². The maximum absolute atomic E-state index is 12.6. The van der Waals surface area contributed by atoms with Gasteiger partial charge in [-0.1, -0.05) is 35.3 Å². The number of benzene rings is 2. The summed E-state index contributed by atoms with van der Waals surface area (Å²) in [6.07, 6.45) is 1.48. The van der Waals surface area contributed by atoms with Gasteiger partial charge in [-0.15, -0.1) is 0 Å². The van der Waals surface area contributed by atoms with Gasteiger partial charge in [0.05, 0.1) is 10.5 Å². The maximum Gasteiger partial charge on any atom is 0.261 e. The molecule has 1 N–H and O–H groups in total. The molecule has 116 valence electrons. The number of halogens is 2. The van der Waals surface area contributed by atoms with E-state index in [4.69, 9.17) is 23.2 Å². The van der Waals surface area contributed by atoms with Gasteiger partial charge >= 0.3 is 0 Å². The summed E-state index contributed by atoms with van der Waals surface area (Å²) in [4.78, 5) is 25.0. The molecule has 0 atom stereocenters. The van der Waals surface area contributed by atoms with Crippen molar-refractivity contribution in [1.29, 1.82) is 0 Å². The number of carbonyl (C=O) groups is 1. The summed E-state index contributed by atoms with van der Waals surface area (Å²) in [5.41, 5.74) is 0.802. The number of aromatic nitrogens is 1. The van der Waals surface area contributed by atoms with Crippen molar-refractivity contribution >= 4 is 45.7 Å². The number of fused-ring (bicyclic) bond motifs is 1. The monoisotopic (exact) mass is 346 g/mol. The van der Waals surface area contributed by atoms with Gasteiger partial charge in [0.25, 0.3) is 5.91 Å². The van der Waals surface area contributed by atoms with E-state index in [1.807, 2.05) is 0 Å². The van der Waals surface area contributed by atoms with Crippen molar-refractivity contribution in [2.75, 3.05) is 5.32 Å². The molecule has 0 aliphatic carbocycles. The Hall–Kier alpha value is -2.30. The van der Waals surface area contributed by atoms with Crippen LogP contribution >= 0.6 is 23.2 Å². The number of rotatable bonds is 2. The Bertz CT molecular complexity index is 980. The highest BCUT2D eigenvalue weighted by molar-refractivity contribution is 6.35. The van der Waals surface area contributed by atoms with Gasteiger partial charge in [-0.2, -0.15) is 0 Å². The van der Waals surface area contributed by atoms with E-state index in [0.717, 1.165) is 0 Å². The number of pyridine rings is 1. The molecule has 0 saturated heterocycles. The molecule has 0 unspecified atom stereocenters. The first kappa shape index (κ1) is 15.6. The minimum atomic E-state index is -0.491. The SMILES string of the molecule is Cn1cc(C(=O)Nc2cccc(Cl)c2)c(=O)c2cccc(Cl)c21. The van der Waals surface area contributed by atoms with Crippen LogP contribution in [0.4, 0.5) is 5.69 Å². The summed E-state index contributed by atoms with van der Waals surface area (Å²) in [5, 5.41) is 4.04. The number of amides is 1. The molecule has 0 radical (unpaired) electrons. The average Bonchev–Trinajstić information content (AvgIpc) is 2.50. The van der Waals surface area contributed by atoms with Crippen LogP contribution in [0.1, 0.15) is 10.4 Å². The first-order valence-electron chi connectivity index (χ1n) is 6.82. The molecule has 0 aliphatic rings. The molecule has 0 fully saturated rings. The van der Waals surface area contributed by atoms with Crippen LogP contribution in [0.5, 0.6) is 0 Å². The smallest absolute Gasteiger partial charge is 0.261 e. The molecule has 6 heteroatoms. The van der Waals surface area contributed by atoms with Gasteiger partial charge in [0.15, 0.2) is 0 Å². The van der Waals surface area contributed by atoms with E-state index in [2.05, 4.69) is 5.32 Å². The van der Waals surface area contributed by atoms with Crippen molar-refractivity contribution in [1.82, 2.24) is 4.57 Å². The standard InChI is InChI=1S/C17H12Cl2N2O2/c1-21-9-13(16(22)12-6-3-7-14(19)15(12)21)17(23)20-11-5-2-4-10(18)8-11/h2-9H,1H3,(H,20,23). The minimum absolute atomic E-state index is 0.0437. The Morgan fingerprint density at radius 2 is 1.87 bits per heavy atom. The van der Waals surface area contributed by atoms with Gasteiger partial charge < -0.3 is 9.88 Å². The molecular weight excluding hydrogens is 335 g/mol. The first-order valence-corrected chi connectivity index (χ1v) is 7.58. The van der Waals surface area contributed by atoms with E-state index in [0.29, 0.717) is 26.6 Å². The number of aryl methyl sites for hydroxylation is 1. The number of anilines is 1. The zero-order valence-electron chi connectivity index (χ0n) is 12.1. The Labute approximate surface area is 142 Å². The molecule has 0 spiro atoms. The third kappa shape index (κ3) is 2.96. The zero-order valence-corrected chi connectivity index (χ0v) is 13.7. The molecule has 2 aromatic carbocycles. The van der Waals surface area contributed by atoms with Crippen LogP contribution in [0.2, 0.25) is 10.0 Å². The second-order valence-corrected chi connectivity index (χ2v) is 5.93. The Kier molecular flexibility index (Phi) is 4.11. The average molecular weight is 347 g/mol. The lowest BCUT2D eigenvalue weighted by molar-refractivity contribution is 0.102. The fourth-order valence-corrected chi connectivity index (χ4v) is 2.94. The molecule has 0 aliphatic heterocycles. The topological polar surface area (TPSA) is 51.1 Å². The van der Waals surface area contributed by atoms with E-state index in [1.54, 1.807) is 54.1 Å². The van der Waals surface area contributed by atoms with E-state index < -0.39 is 5.91 Å². The van der Waals surface area contributed by atoms with E-state index in [9.17, 15) is 9.59 Å². The predicted octanol–water partition coefficient (Wildman–Crippen LogP) is 4.10. The van der Waals surface area contributed by atoms with Crippen LogP contribution < -0.4 is 10.7 Å². The van der Waals surface area contributed by atoms with Crippen LogP contribution in [0.15, 0.2) is 53.5 Å². The molecule has 1 heterocycles. The zero-order chi connectivity index (χ0) is 16.6. The maximum atomic E-state index is 12.6. The van der Waals surface area contributed by atoms with Crippen molar-refractivity contribution in [2.45, 2.75) is 0 Å². The highest BCUT2D eigenvalue weighted by Gasteiger charge is 2.16. The van der Waals surface area contributed by atoms with Crippen molar-refractivity contribution in [3.8, 4) is 0 Å². The van der Waals surface area contributed by atoms with Gasteiger partial charge in [0, 0.05) is 29.3 Å². The van der Waals surface area contributed by atoms with Crippen molar-refractivity contribution in [3.63, 3.8) is 0 Å². The Balaban J connectivity index is 2.08. The van der Waals surface area contributed by atoms with Crippen LogP contribution in [-0.4, -0.2) is 10.5 Å². The van der Waals surface area contributed by atoms with Gasteiger partial charge in [0.2, 0.25) is 5.43 Å². The van der Waals surface area contributed by atoms with E-state index in [-0.39, 0.29) is 11.0 Å². The first-order chi connectivity index (χ1) is 11.0. The summed E-state index contributed by atoms with van der Waals surface area (Å²) >= 11 is 12.0. The minimum Gasteiger partial charge on any atom is -0.348 e. The fraction of sp³-hybridized carbons (Fsp3) is 0.0588. The lowest BCUT2D eigenvalue weighted by Gasteiger charge is -2.11. The van der Waals surface area contributed by atoms with Crippen LogP contribution in [0.3, 0.4) is 0 Å². The number of hydrogen-bond donors (Lipinski definition) is 1. The summed E-state index contributed by atoms with van der Waals surface area (Å²) in [5.74, 6) is -0.491. The number of para-hydroxylation sites is 1. The van der Waals surface area contributed by atoms with Crippen LogP contribution in [-0.2, 0) is 7.05 Å². The lowest BCUT2D eigenvalue weighted by atomic mass is 10.1. The molecule has 1 amide bonds. The van der Waals surface area contributed by atoms with E-state index >= 15 is 0 Å². The van der Waals surface area contributed by atoms with E-state index in [1.165, 1.54) is 6.20 Å². The number of nitrogens with zero attached hydrogens (tertiary/aromatic N) is 1. The largest absolute Gasteiger partial charge is 0.348 e. The number of carbonyl (C=O) groups excluding carboxylic acids is 1. The Morgan fingerprint density at radius 1 is 1.13 bits per heavy atom. The second kappa shape index (κ2) is 6.07. The summed E-state index contributed by atoms with van der Waals surface area (Å²) in [6.45, 7) is 0. The van der Waals surface area contributed by atoms with Gasteiger partial charge in [-0.3, -0.25) is 9.59 Å². The third-order valence-corrected chi connectivity index (χ3v) is 4.02. The Morgan fingerprint density at radius 3 is 2.61 bits per heavy atom. The molecule has 4 nitrogen and oxygen atoms in total. The number of nitrogens with one attached hydrogen (secondary N) is 1. The summed E-state index contributed by atoms with van der Waals surface area (Å²) < 4.78 is 1.67. The predicted molar refractivity (Wildman–Crippen MR) is 93.6 cm³/mol. The molecule has 0 saturated carbocycles. The number of hydrogen-bond acceptors (Lipinski definition) is 2. The van der Waals surface area contributed by atoms with Crippen molar-refractivity contribution in [2.24, 2.45) is 7.05 Å². The normalized spacial score (nSPS) is 10.7. The highest BCUT2D eigenvalue weighted by atomic mass is 35.5. The van der Waals surface area contributed by atoms with Gasteiger partial charge in [-0.25, -0.2) is 0 Å². The van der Waals surface area contributed by atoms with Crippen molar-refractivity contribution < 1.29 is 4.79 Å². The second-order valence-electron chi connectivity index (χ2n) is 5.08. The lowest BCUT2D eigenvalue weighted by Crippen LogP contribution is -2.23. The molecular formula is C17H12Cl2N2O2. The van der Waals surface area contributed by atoms with Crippen molar-refractivity contribution in [3.05, 3.63) is 74.5 Å². The highest BCUT2D eigenvalue weighted by Crippen LogP contribution is 2.21. The van der Waals surface area contributed by atoms with Crippen LogP contribution in [0, 0.1) is 0 Å². The molecule has 3 rings (SSSR count). The molecule has 1 aromatic heterocycles. The molecule has 23 heavy (non-hydrogen) atoms. The molecule has 3 aromatic rings.